The van der Waals surface area contributed by atoms with E-state index in [0.29, 0.717) is 11.6 Å². The molecule has 1 aromatic carbocycles. The molecule has 2 aromatic heterocycles. The summed E-state index contributed by atoms with van der Waals surface area (Å²) in [6.45, 7) is 3.86. The lowest BCUT2D eigenvalue weighted by Gasteiger charge is -2.20. The van der Waals surface area contributed by atoms with E-state index in [9.17, 15) is 5.11 Å². The maximum absolute atomic E-state index is 10.0. The van der Waals surface area contributed by atoms with E-state index in [1.165, 1.54) is 0 Å². The van der Waals surface area contributed by atoms with Crippen LogP contribution in [0.3, 0.4) is 0 Å². The maximum atomic E-state index is 10.0. The molecule has 0 saturated carbocycles. The molecule has 0 fully saturated rings. The molecule has 0 radical (unpaired) electrons. The van der Waals surface area contributed by atoms with Crippen LogP contribution >= 0.6 is 0 Å². The summed E-state index contributed by atoms with van der Waals surface area (Å²) in [5.41, 5.74) is 2.70. The lowest BCUT2D eigenvalue weighted by atomic mass is 10.1. The van der Waals surface area contributed by atoms with Crippen molar-refractivity contribution < 1.29 is 5.11 Å². The molecule has 5 heteroatoms. The molecule has 2 heterocycles. The number of benzene rings is 1. The minimum absolute atomic E-state index is 0.0589. The van der Waals surface area contributed by atoms with Crippen LogP contribution < -0.4 is 5.32 Å². The predicted octanol–water partition coefficient (Wildman–Crippen LogP) is 4.54. The Balaban J connectivity index is 2.08. The van der Waals surface area contributed by atoms with Gasteiger partial charge in [-0.25, -0.2) is 9.97 Å². The number of aliphatic hydroxyl groups excluding tert-OH is 1. The molecule has 1 atom stereocenters. The maximum Gasteiger partial charge on any atom is 0.162 e. The van der Waals surface area contributed by atoms with E-state index in [2.05, 4.69) is 15.3 Å². The first-order chi connectivity index (χ1) is 13.8. The van der Waals surface area contributed by atoms with E-state index >= 15 is 0 Å². The first-order valence-corrected chi connectivity index (χ1v) is 9.27. The van der Waals surface area contributed by atoms with E-state index in [0.717, 1.165) is 22.0 Å². The van der Waals surface area contributed by atoms with Gasteiger partial charge in [0.1, 0.15) is 5.82 Å². The van der Waals surface area contributed by atoms with Crippen molar-refractivity contribution in [3.8, 4) is 11.4 Å². The Morgan fingerprint density at radius 3 is 2.57 bits per heavy atom. The highest BCUT2D eigenvalue weighted by molar-refractivity contribution is 5.90. The van der Waals surface area contributed by atoms with Crippen LogP contribution in [0, 0.1) is 0 Å². The molecule has 0 aliphatic carbocycles. The molecule has 0 saturated heterocycles. The molecule has 142 valence electrons. The standard InChI is InChI=1S/C23H24N4O/c1-3-5-9-17(8-4-2)21(16-28)26-23-19-10-6-7-11-20(19)25-22(27-23)18-12-14-24-15-13-18/h3-15,21,28H,16H2,1-2H3,(H,25,26,27)/b5-3-,8-4-,17-9+/t21-/m1/s1. The number of anilines is 1. The molecule has 28 heavy (non-hydrogen) atoms. The first kappa shape index (κ1) is 19.5. The predicted molar refractivity (Wildman–Crippen MR) is 115 cm³/mol. The first-order valence-electron chi connectivity index (χ1n) is 9.27. The number of hydrogen-bond acceptors (Lipinski definition) is 5. The molecular formula is C23H24N4O. The second-order valence-corrected chi connectivity index (χ2v) is 6.22. The third-order valence-corrected chi connectivity index (χ3v) is 4.28. The number of nitrogens with one attached hydrogen (secondary N) is 1. The van der Waals surface area contributed by atoms with Crippen molar-refractivity contribution in [2.45, 2.75) is 19.9 Å². The molecule has 0 bridgehead atoms. The van der Waals surface area contributed by atoms with Crippen LogP contribution in [0.4, 0.5) is 5.82 Å². The lowest BCUT2D eigenvalue weighted by Crippen LogP contribution is -2.26. The van der Waals surface area contributed by atoms with E-state index in [-0.39, 0.29) is 12.6 Å². The van der Waals surface area contributed by atoms with Crippen molar-refractivity contribution in [1.29, 1.82) is 0 Å². The number of rotatable bonds is 7. The van der Waals surface area contributed by atoms with Gasteiger partial charge in [0.2, 0.25) is 0 Å². The van der Waals surface area contributed by atoms with Gasteiger partial charge in [-0.05, 0) is 43.7 Å². The quantitative estimate of drug-likeness (QED) is 0.596. The van der Waals surface area contributed by atoms with E-state index in [1.807, 2.05) is 80.6 Å². The largest absolute Gasteiger partial charge is 0.394 e. The molecule has 0 unspecified atom stereocenters. The minimum Gasteiger partial charge on any atom is -0.394 e. The Morgan fingerprint density at radius 2 is 1.86 bits per heavy atom. The summed E-state index contributed by atoms with van der Waals surface area (Å²) >= 11 is 0. The number of para-hydroxylation sites is 1. The second-order valence-electron chi connectivity index (χ2n) is 6.22. The third-order valence-electron chi connectivity index (χ3n) is 4.28. The Morgan fingerprint density at radius 1 is 1.07 bits per heavy atom. The fourth-order valence-electron chi connectivity index (χ4n) is 2.90. The highest BCUT2D eigenvalue weighted by Crippen LogP contribution is 2.26. The summed E-state index contributed by atoms with van der Waals surface area (Å²) in [6, 6.07) is 11.3. The molecular weight excluding hydrogens is 348 g/mol. The summed E-state index contributed by atoms with van der Waals surface area (Å²) in [5.74, 6) is 1.30. The average Bonchev–Trinajstić information content (AvgIpc) is 2.75. The summed E-state index contributed by atoms with van der Waals surface area (Å²) in [6.07, 6.45) is 13.3. The van der Waals surface area contributed by atoms with Crippen LogP contribution in [0.2, 0.25) is 0 Å². The number of fused-ring (bicyclic) bond motifs is 1. The fraction of sp³-hybridized carbons (Fsp3) is 0.174. The average molecular weight is 372 g/mol. The summed E-state index contributed by atoms with van der Waals surface area (Å²) in [4.78, 5) is 13.5. The van der Waals surface area contributed by atoms with Crippen molar-refractivity contribution in [3.05, 3.63) is 84.7 Å². The van der Waals surface area contributed by atoms with Crippen LogP contribution in [-0.4, -0.2) is 32.7 Å². The van der Waals surface area contributed by atoms with E-state index in [4.69, 9.17) is 4.98 Å². The van der Waals surface area contributed by atoms with Gasteiger partial charge < -0.3 is 10.4 Å². The van der Waals surface area contributed by atoms with Gasteiger partial charge in [-0.3, -0.25) is 4.98 Å². The van der Waals surface area contributed by atoms with Gasteiger partial charge in [-0.1, -0.05) is 42.5 Å². The van der Waals surface area contributed by atoms with Crippen molar-refractivity contribution in [1.82, 2.24) is 15.0 Å². The SMILES string of the molecule is C\C=C/C=C(\C=C/C)[C@@H](CO)Nc1nc(-c2ccncc2)nc2ccccc12. The van der Waals surface area contributed by atoms with Gasteiger partial charge in [-0.15, -0.1) is 0 Å². The Labute approximate surface area is 165 Å². The Kier molecular flexibility index (Phi) is 6.65. The van der Waals surface area contributed by atoms with Gasteiger partial charge in [0.15, 0.2) is 5.82 Å². The molecule has 0 spiro atoms. The molecule has 3 aromatic rings. The van der Waals surface area contributed by atoms with Crippen molar-refractivity contribution in [2.24, 2.45) is 0 Å². The Hall–Kier alpha value is -3.31. The monoisotopic (exact) mass is 372 g/mol. The van der Waals surface area contributed by atoms with Gasteiger partial charge in [-0.2, -0.15) is 0 Å². The molecule has 5 nitrogen and oxygen atoms in total. The summed E-state index contributed by atoms with van der Waals surface area (Å²) < 4.78 is 0. The highest BCUT2D eigenvalue weighted by atomic mass is 16.3. The zero-order valence-electron chi connectivity index (χ0n) is 16.1. The van der Waals surface area contributed by atoms with Crippen molar-refractivity contribution in [2.75, 3.05) is 11.9 Å². The smallest absolute Gasteiger partial charge is 0.162 e. The van der Waals surface area contributed by atoms with E-state index < -0.39 is 0 Å². The number of hydrogen-bond donors (Lipinski definition) is 2. The van der Waals surface area contributed by atoms with Crippen molar-refractivity contribution >= 4 is 16.7 Å². The molecule has 0 aliphatic rings. The summed E-state index contributed by atoms with van der Waals surface area (Å²) in [7, 11) is 0. The number of nitrogens with zero attached hydrogens (tertiary/aromatic N) is 3. The zero-order chi connectivity index (χ0) is 19.8. The number of allylic oxidation sites excluding steroid dienone is 4. The van der Waals surface area contributed by atoms with E-state index in [1.54, 1.807) is 12.4 Å². The fourth-order valence-corrected chi connectivity index (χ4v) is 2.90. The number of aromatic nitrogens is 3. The molecule has 0 aliphatic heterocycles. The van der Waals surface area contributed by atoms with Crippen LogP contribution in [0.1, 0.15) is 13.8 Å². The highest BCUT2D eigenvalue weighted by Gasteiger charge is 2.15. The lowest BCUT2D eigenvalue weighted by molar-refractivity contribution is 0.288. The van der Waals surface area contributed by atoms with Gasteiger partial charge in [0.05, 0.1) is 18.2 Å². The number of pyridine rings is 1. The minimum atomic E-state index is -0.295. The van der Waals surface area contributed by atoms with Crippen molar-refractivity contribution in [3.63, 3.8) is 0 Å². The molecule has 2 N–H and O–H groups in total. The van der Waals surface area contributed by atoms with Gasteiger partial charge in [0, 0.05) is 23.3 Å². The summed E-state index contributed by atoms with van der Waals surface area (Å²) in [5, 5.41) is 14.3. The molecule has 0 amide bonds. The van der Waals surface area contributed by atoms with Crippen LogP contribution in [-0.2, 0) is 0 Å². The topological polar surface area (TPSA) is 70.9 Å². The number of aliphatic hydroxyl groups is 1. The zero-order valence-corrected chi connectivity index (χ0v) is 16.1. The second kappa shape index (κ2) is 9.58. The third kappa shape index (κ3) is 4.50. The van der Waals surface area contributed by atoms with Gasteiger partial charge in [0.25, 0.3) is 0 Å². The van der Waals surface area contributed by atoms with Crippen LogP contribution in [0.25, 0.3) is 22.3 Å². The van der Waals surface area contributed by atoms with Crippen LogP contribution in [0.5, 0.6) is 0 Å². The van der Waals surface area contributed by atoms with Crippen LogP contribution in [0.15, 0.2) is 84.7 Å². The molecule has 3 rings (SSSR count). The van der Waals surface area contributed by atoms with Gasteiger partial charge >= 0.3 is 0 Å². The normalized spacial score (nSPS) is 13.5. The Bertz CT molecular complexity index is 1010.